The first-order valence-electron chi connectivity index (χ1n) is 30.4. The maximum Gasteiger partial charge on any atom is 0.472 e. The number of hydrogen-bond acceptors (Lipinski definition) is 7. The molecule has 10 heteroatoms. The molecule has 77 heavy (non-hydrogen) atoms. The summed E-state index contributed by atoms with van der Waals surface area (Å²) in [6.45, 7) is 4.27. The Hall–Kier alpha value is -3.85. The first kappa shape index (κ1) is 73.2. The van der Waals surface area contributed by atoms with Gasteiger partial charge < -0.3 is 18.9 Å². The lowest BCUT2D eigenvalue weighted by Gasteiger charge is -2.24. The number of unbranched alkanes of at least 4 members (excludes halogenated alkanes) is 18. The normalized spacial score (nSPS) is 14.2. The van der Waals surface area contributed by atoms with E-state index >= 15 is 0 Å². The minimum Gasteiger partial charge on any atom is -0.462 e. The van der Waals surface area contributed by atoms with Gasteiger partial charge in [0.25, 0.3) is 0 Å². The molecule has 0 aromatic rings. The number of quaternary nitrogens is 1. The number of esters is 2. The maximum absolute atomic E-state index is 12.8. The van der Waals surface area contributed by atoms with E-state index in [1.54, 1.807) is 0 Å². The zero-order valence-corrected chi connectivity index (χ0v) is 50.5. The molecule has 0 amide bonds. The lowest BCUT2D eigenvalue weighted by atomic mass is 10.1. The molecule has 0 aliphatic carbocycles. The monoisotopic (exact) mass is 1090 g/mol. The van der Waals surface area contributed by atoms with Crippen molar-refractivity contribution in [3.05, 3.63) is 134 Å². The maximum atomic E-state index is 12.8. The van der Waals surface area contributed by atoms with Crippen LogP contribution in [0.1, 0.15) is 226 Å². The van der Waals surface area contributed by atoms with Crippen LogP contribution in [0.15, 0.2) is 134 Å². The van der Waals surface area contributed by atoms with E-state index in [9.17, 15) is 19.0 Å². The summed E-state index contributed by atoms with van der Waals surface area (Å²) in [6, 6.07) is 0. The fourth-order valence-corrected chi connectivity index (χ4v) is 8.48. The van der Waals surface area contributed by atoms with Crippen LogP contribution in [0, 0.1) is 0 Å². The average molecular weight is 1090 g/mol. The van der Waals surface area contributed by atoms with Gasteiger partial charge in [0.15, 0.2) is 6.10 Å². The van der Waals surface area contributed by atoms with Crippen LogP contribution < -0.4 is 0 Å². The summed E-state index contributed by atoms with van der Waals surface area (Å²) >= 11 is 0. The number of nitrogens with zero attached hydrogens (tertiary/aromatic N) is 1. The van der Waals surface area contributed by atoms with E-state index in [0.29, 0.717) is 17.4 Å². The number of rotatable bonds is 54. The summed E-state index contributed by atoms with van der Waals surface area (Å²) in [5, 5.41) is 0. The second kappa shape index (κ2) is 56.9. The molecule has 0 aliphatic rings. The van der Waals surface area contributed by atoms with Gasteiger partial charge in [-0.3, -0.25) is 18.6 Å². The van der Waals surface area contributed by atoms with Crippen molar-refractivity contribution in [2.24, 2.45) is 0 Å². The van der Waals surface area contributed by atoms with E-state index in [0.717, 1.165) is 128 Å². The number of phosphoric acid groups is 1. The van der Waals surface area contributed by atoms with Crippen LogP contribution in [0.5, 0.6) is 0 Å². The van der Waals surface area contributed by atoms with Gasteiger partial charge in [-0.1, -0.05) is 231 Å². The van der Waals surface area contributed by atoms with E-state index < -0.39 is 26.5 Å². The molecule has 2 unspecified atom stereocenters. The molecular weight excluding hydrogens is 978 g/mol. The smallest absolute Gasteiger partial charge is 0.462 e. The van der Waals surface area contributed by atoms with Crippen molar-refractivity contribution in [2.45, 2.75) is 232 Å². The van der Waals surface area contributed by atoms with Gasteiger partial charge in [-0.2, -0.15) is 0 Å². The van der Waals surface area contributed by atoms with Gasteiger partial charge in [-0.15, -0.1) is 0 Å². The fraction of sp³-hybridized carbons (Fsp3) is 0.642. The molecule has 9 nitrogen and oxygen atoms in total. The van der Waals surface area contributed by atoms with E-state index in [4.69, 9.17) is 18.5 Å². The number of phosphoric ester groups is 1. The minimum absolute atomic E-state index is 0.0226. The van der Waals surface area contributed by atoms with Crippen LogP contribution in [-0.2, 0) is 32.7 Å². The van der Waals surface area contributed by atoms with Crippen LogP contribution >= 0.6 is 7.82 Å². The standard InChI is InChI=1S/C67H112NO8P/c1-6-8-10-12-14-16-18-20-22-23-24-25-26-27-28-29-30-31-32-33-34-35-36-37-38-39-40-41-42-43-44-45-46-48-50-52-54-56-58-60-67(70)76-65(64-75-77(71,72)74-62-61-68(3,4)5)63-73-66(69)59-57-55-53-51-49-47-21-19-17-15-13-11-9-7-2/h8,10,14,16,19-22,24-25,27-28,30-31,33-34,36-37,39-40,42-43,65H,6-7,9,11-13,15,17-18,23,26,29,32,35,38,41,44-64H2,1-5H3/p+1/b10-8-,16-14-,21-19-,22-20-,25-24-,28-27-,31-30-,34-33-,37-36-,40-39-,43-42-. The van der Waals surface area contributed by atoms with Crippen LogP contribution in [0.2, 0.25) is 0 Å². The number of likely N-dealkylation sites (N-methyl/N-ethyl adjacent to an activating group) is 1. The van der Waals surface area contributed by atoms with Crippen molar-refractivity contribution in [3.63, 3.8) is 0 Å². The molecule has 0 saturated carbocycles. The summed E-state index contributed by atoms with van der Waals surface area (Å²) in [4.78, 5) is 35.6. The van der Waals surface area contributed by atoms with Crippen molar-refractivity contribution in [3.8, 4) is 0 Å². The van der Waals surface area contributed by atoms with Crippen molar-refractivity contribution >= 4 is 19.8 Å². The van der Waals surface area contributed by atoms with Gasteiger partial charge in [0.05, 0.1) is 27.7 Å². The molecule has 0 fully saturated rings. The summed E-state index contributed by atoms with van der Waals surface area (Å²) in [7, 11) is 1.45. The van der Waals surface area contributed by atoms with E-state index in [2.05, 4.69) is 148 Å². The highest BCUT2D eigenvalue weighted by molar-refractivity contribution is 7.47. The molecular formula is C67H113NO8P+. The zero-order chi connectivity index (χ0) is 56.3. The van der Waals surface area contributed by atoms with Gasteiger partial charge in [0.2, 0.25) is 0 Å². The molecule has 0 radical (unpaired) electrons. The van der Waals surface area contributed by atoms with E-state index in [1.165, 1.54) is 64.2 Å². The highest BCUT2D eigenvalue weighted by Crippen LogP contribution is 2.43. The lowest BCUT2D eigenvalue weighted by Crippen LogP contribution is -2.37. The van der Waals surface area contributed by atoms with Crippen LogP contribution in [0.25, 0.3) is 0 Å². The highest BCUT2D eigenvalue weighted by Gasteiger charge is 2.27. The third-order valence-corrected chi connectivity index (χ3v) is 13.4. The fourth-order valence-electron chi connectivity index (χ4n) is 7.74. The Labute approximate surface area is 472 Å². The third-order valence-electron chi connectivity index (χ3n) is 12.4. The van der Waals surface area contributed by atoms with Gasteiger partial charge in [0.1, 0.15) is 19.8 Å². The Morgan fingerprint density at radius 3 is 1.12 bits per heavy atom. The first-order valence-corrected chi connectivity index (χ1v) is 31.9. The van der Waals surface area contributed by atoms with Crippen molar-refractivity contribution < 1.29 is 42.1 Å². The number of ether oxygens (including phenoxy) is 2. The summed E-state index contributed by atoms with van der Waals surface area (Å²) in [5.41, 5.74) is 0. The Kier molecular flexibility index (Phi) is 54.0. The van der Waals surface area contributed by atoms with Gasteiger partial charge in [0, 0.05) is 12.8 Å². The highest BCUT2D eigenvalue weighted by atomic mass is 31.2. The van der Waals surface area contributed by atoms with Gasteiger partial charge >= 0.3 is 19.8 Å². The molecule has 0 heterocycles. The SMILES string of the molecule is CC/C=C\C/C=C\C/C=C\C/C=C\C/C=C\C/C=C\C/C=C\C/C=C\C/C=C\C/C=C\CCCCCCCCCCC(=O)OC(COC(=O)CCCCCCC/C=C\CCCCCCC)COP(=O)(O)OCC[N+](C)(C)C. The predicted octanol–water partition coefficient (Wildman–Crippen LogP) is 19.3. The number of carbonyl (C=O) groups excluding carboxylic acids is 2. The molecule has 0 aliphatic heterocycles. The molecule has 1 N–H and O–H groups in total. The van der Waals surface area contributed by atoms with Crippen LogP contribution in [-0.4, -0.2) is 74.9 Å². The quantitative estimate of drug-likeness (QED) is 0.0211. The topological polar surface area (TPSA) is 108 Å². The van der Waals surface area contributed by atoms with Gasteiger partial charge in [-0.05, 0) is 116 Å². The first-order chi connectivity index (χ1) is 37.5. The zero-order valence-electron chi connectivity index (χ0n) is 49.6. The third kappa shape index (κ3) is 61.2. The average Bonchev–Trinajstić information content (AvgIpc) is 3.39. The summed E-state index contributed by atoms with van der Waals surface area (Å²) < 4.78 is 34.5. The molecule has 438 valence electrons. The Morgan fingerprint density at radius 2 is 0.740 bits per heavy atom. The number of hydrogen-bond donors (Lipinski definition) is 1. The molecule has 0 bridgehead atoms. The van der Waals surface area contributed by atoms with Crippen molar-refractivity contribution in [2.75, 3.05) is 47.5 Å². The van der Waals surface area contributed by atoms with E-state index in [-0.39, 0.29) is 32.0 Å². The molecule has 0 aromatic heterocycles. The minimum atomic E-state index is -4.40. The lowest BCUT2D eigenvalue weighted by molar-refractivity contribution is -0.870. The molecule has 2 atom stereocenters. The number of carbonyl (C=O) groups is 2. The Morgan fingerprint density at radius 1 is 0.416 bits per heavy atom. The largest absolute Gasteiger partial charge is 0.472 e. The van der Waals surface area contributed by atoms with Crippen LogP contribution in [0.4, 0.5) is 0 Å². The number of allylic oxidation sites excluding steroid dienone is 22. The summed E-state index contributed by atoms with van der Waals surface area (Å²) in [5.74, 6) is -0.824. The second-order valence-corrected chi connectivity index (χ2v) is 22.5. The van der Waals surface area contributed by atoms with Gasteiger partial charge in [-0.25, -0.2) is 4.57 Å². The van der Waals surface area contributed by atoms with Crippen LogP contribution in [0.3, 0.4) is 0 Å². The molecule has 0 rings (SSSR count). The van der Waals surface area contributed by atoms with Crippen molar-refractivity contribution in [1.82, 2.24) is 0 Å². The Balaban J connectivity index is 4.13. The van der Waals surface area contributed by atoms with Crippen molar-refractivity contribution in [1.29, 1.82) is 0 Å². The molecule has 0 spiro atoms. The van der Waals surface area contributed by atoms with E-state index in [1.807, 2.05) is 21.1 Å². The molecule has 0 saturated heterocycles. The second-order valence-electron chi connectivity index (χ2n) is 21.0. The Bertz CT molecular complexity index is 1760. The molecule has 0 aromatic carbocycles. The predicted molar refractivity (Wildman–Crippen MR) is 330 cm³/mol. The summed E-state index contributed by atoms with van der Waals surface area (Å²) in [6.07, 6.45) is 82.4.